The fraction of sp³-hybridized carbons (Fsp3) is 0.500. The minimum atomic E-state index is -1.12. The van der Waals surface area contributed by atoms with Crippen LogP contribution >= 0.6 is 0 Å². The summed E-state index contributed by atoms with van der Waals surface area (Å²) in [5.41, 5.74) is 1.97. The maximum atomic E-state index is 9.58. The van der Waals surface area contributed by atoms with Crippen molar-refractivity contribution in [2.45, 2.75) is 57.7 Å². The smallest absolute Gasteiger partial charge is 0.145 e. The van der Waals surface area contributed by atoms with E-state index in [9.17, 15) is 10.5 Å². The van der Waals surface area contributed by atoms with E-state index in [1.54, 1.807) is 17.2 Å². The highest BCUT2D eigenvalue weighted by Gasteiger charge is 2.51. The Balaban J connectivity index is 1.56. The highest BCUT2D eigenvalue weighted by Crippen LogP contribution is 2.54. The first kappa shape index (κ1) is 21.2. The molecule has 4 rings (SSSR count). The summed E-state index contributed by atoms with van der Waals surface area (Å²) in [4.78, 5) is 8.95. The average molecular weight is 434 g/mol. The van der Waals surface area contributed by atoms with E-state index in [4.69, 9.17) is 4.74 Å². The highest BCUT2D eigenvalue weighted by molar-refractivity contribution is 6.76. The van der Waals surface area contributed by atoms with Crippen LogP contribution in [0.2, 0.25) is 25.7 Å². The SMILES string of the molecule is C[Si](C)(C)CCOCn1ccc2c(-c3cnn(C(CC#N)C4(C#N)CC4)c3)ncnc21. The number of hydrogen-bond acceptors (Lipinski definition) is 6. The quantitative estimate of drug-likeness (QED) is 0.366. The van der Waals surface area contributed by atoms with Crippen molar-refractivity contribution in [1.82, 2.24) is 24.3 Å². The lowest BCUT2D eigenvalue weighted by Gasteiger charge is -2.18. The van der Waals surface area contributed by atoms with Crippen molar-refractivity contribution < 1.29 is 4.74 Å². The average Bonchev–Trinajstić information content (AvgIpc) is 3.18. The van der Waals surface area contributed by atoms with Gasteiger partial charge >= 0.3 is 0 Å². The number of hydrogen-bond donors (Lipinski definition) is 0. The van der Waals surface area contributed by atoms with Gasteiger partial charge in [0.1, 0.15) is 18.7 Å². The minimum absolute atomic E-state index is 0.238. The van der Waals surface area contributed by atoms with Gasteiger partial charge in [0, 0.05) is 38.0 Å². The lowest BCUT2D eigenvalue weighted by Crippen LogP contribution is -2.22. The topological polar surface area (TPSA) is 105 Å². The van der Waals surface area contributed by atoms with Crippen LogP contribution in [0.15, 0.2) is 31.0 Å². The van der Waals surface area contributed by atoms with Crippen LogP contribution in [0.3, 0.4) is 0 Å². The number of rotatable bonds is 9. The van der Waals surface area contributed by atoms with E-state index < -0.39 is 13.5 Å². The molecule has 1 unspecified atom stereocenters. The molecular weight excluding hydrogens is 406 g/mol. The van der Waals surface area contributed by atoms with Crippen molar-refractivity contribution in [2.24, 2.45) is 5.41 Å². The standard InChI is InChI=1S/C22H27N7OSi/c1-31(2,3)11-10-30-16-28-9-5-18-20(25-15-26-21(18)28)17-12-27-29(13-17)19(4-8-23)22(14-24)6-7-22/h5,9,12-13,15,19H,4,6-7,10-11,16H2,1-3H3. The fourth-order valence-electron chi connectivity index (χ4n) is 3.79. The van der Waals surface area contributed by atoms with E-state index in [0.29, 0.717) is 6.73 Å². The number of ether oxygens (including phenoxy) is 1. The Labute approximate surface area is 183 Å². The summed E-state index contributed by atoms with van der Waals surface area (Å²) in [5, 5.41) is 24.2. The summed E-state index contributed by atoms with van der Waals surface area (Å²) < 4.78 is 9.64. The summed E-state index contributed by atoms with van der Waals surface area (Å²) in [7, 11) is -1.12. The minimum Gasteiger partial charge on any atom is -0.361 e. The molecule has 0 aromatic carbocycles. The molecule has 9 heteroatoms. The summed E-state index contributed by atoms with van der Waals surface area (Å²) in [6.07, 6.45) is 9.04. The molecule has 0 amide bonds. The van der Waals surface area contributed by atoms with Gasteiger partial charge in [-0.3, -0.25) is 4.68 Å². The largest absolute Gasteiger partial charge is 0.361 e. The molecular formula is C22H27N7OSi. The number of fused-ring (bicyclic) bond motifs is 1. The van der Waals surface area contributed by atoms with Gasteiger partial charge in [-0.2, -0.15) is 15.6 Å². The molecule has 0 N–H and O–H groups in total. The first-order chi connectivity index (χ1) is 14.9. The predicted octanol–water partition coefficient (Wildman–Crippen LogP) is 4.37. The van der Waals surface area contributed by atoms with Gasteiger partial charge in [0.2, 0.25) is 0 Å². The Morgan fingerprint density at radius 2 is 2.06 bits per heavy atom. The highest BCUT2D eigenvalue weighted by atomic mass is 28.3. The third kappa shape index (κ3) is 4.39. The van der Waals surface area contributed by atoms with E-state index in [1.807, 2.05) is 23.0 Å². The van der Waals surface area contributed by atoms with Crippen molar-refractivity contribution >= 4 is 19.1 Å². The Kier molecular flexibility index (Phi) is 5.65. The van der Waals surface area contributed by atoms with Gasteiger partial charge in [0.25, 0.3) is 0 Å². The number of nitriles is 2. The lowest BCUT2D eigenvalue weighted by molar-refractivity contribution is 0.0899. The molecule has 0 aliphatic heterocycles. The van der Waals surface area contributed by atoms with Crippen LogP contribution in [0, 0.1) is 28.1 Å². The maximum Gasteiger partial charge on any atom is 0.145 e. The first-order valence-electron chi connectivity index (χ1n) is 10.6. The van der Waals surface area contributed by atoms with Gasteiger partial charge in [-0.15, -0.1) is 0 Å². The summed E-state index contributed by atoms with van der Waals surface area (Å²) in [6, 6.07) is 7.49. The molecule has 3 aromatic rings. The predicted molar refractivity (Wildman–Crippen MR) is 119 cm³/mol. The third-order valence-electron chi connectivity index (χ3n) is 5.91. The zero-order valence-corrected chi connectivity index (χ0v) is 19.2. The second kappa shape index (κ2) is 8.25. The van der Waals surface area contributed by atoms with Gasteiger partial charge in [-0.25, -0.2) is 9.97 Å². The van der Waals surface area contributed by atoms with Gasteiger partial charge in [0.05, 0.1) is 41.9 Å². The summed E-state index contributed by atoms with van der Waals surface area (Å²) in [6.45, 7) is 8.22. The Hall–Kier alpha value is -3.01. The van der Waals surface area contributed by atoms with Crippen molar-refractivity contribution in [3.63, 3.8) is 0 Å². The Morgan fingerprint density at radius 3 is 2.74 bits per heavy atom. The van der Waals surface area contributed by atoms with Crippen LogP contribution in [0.1, 0.15) is 25.3 Å². The Morgan fingerprint density at radius 1 is 1.26 bits per heavy atom. The molecule has 3 heterocycles. The number of nitrogens with zero attached hydrogens (tertiary/aromatic N) is 7. The molecule has 1 aliphatic rings. The van der Waals surface area contributed by atoms with E-state index in [-0.39, 0.29) is 12.5 Å². The van der Waals surface area contributed by atoms with E-state index in [2.05, 4.69) is 46.8 Å². The van der Waals surface area contributed by atoms with Gasteiger partial charge in [0.15, 0.2) is 0 Å². The second-order valence-electron chi connectivity index (χ2n) is 9.45. The van der Waals surface area contributed by atoms with Crippen LogP contribution in [-0.2, 0) is 11.5 Å². The molecule has 3 aromatic heterocycles. The van der Waals surface area contributed by atoms with Crippen LogP contribution in [0.5, 0.6) is 0 Å². The third-order valence-corrected chi connectivity index (χ3v) is 7.62. The molecule has 0 spiro atoms. The monoisotopic (exact) mass is 433 g/mol. The fourth-order valence-corrected chi connectivity index (χ4v) is 4.55. The molecule has 1 atom stereocenters. The molecule has 160 valence electrons. The molecule has 31 heavy (non-hydrogen) atoms. The summed E-state index contributed by atoms with van der Waals surface area (Å²) >= 11 is 0. The van der Waals surface area contributed by atoms with Gasteiger partial charge in [-0.1, -0.05) is 19.6 Å². The van der Waals surface area contributed by atoms with Gasteiger partial charge < -0.3 is 9.30 Å². The van der Waals surface area contributed by atoms with Crippen molar-refractivity contribution in [3.05, 3.63) is 31.0 Å². The molecule has 0 bridgehead atoms. The maximum absolute atomic E-state index is 9.58. The van der Waals surface area contributed by atoms with Crippen molar-refractivity contribution in [1.29, 1.82) is 10.5 Å². The molecule has 8 nitrogen and oxygen atoms in total. The molecule has 1 fully saturated rings. The van der Waals surface area contributed by atoms with Crippen molar-refractivity contribution in [3.8, 4) is 23.4 Å². The van der Waals surface area contributed by atoms with E-state index in [0.717, 1.165) is 47.8 Å². The summed E-state index contributed by atoms with van der Waals surface area (Å²) in [5.74, 6) is 0. The molecule has 0 radical (unpaired) electrons. The molecule has 1 saturated carbocycles. The molecule has 0 saturated heterocycles. The number of aromatic nitrogens is 5. The van der Waals surface area contributed by atoms with Crippen LogP contribution in [0.4, 0.5) is 0 Å². The Bertz CT molecular complexity index is 1160. The molecule has 1 aliphatic carbocycles. The van der Waals surface area contributed by atoms with Crippen molar-refractivity contribution in [2.75, 3.05) is 6.61 Å². The van der Waals surface area contributed by atoms with E-state index in [1.165, 1.54) is 0 Å². The lowest BCUT2D eigenvalue weighted by atomic mass is 9.96. The second-order valence-corrected chi connectivity index (χ2v) is 15.1. The van der Waals surface area contributed by atoms with Crippen LogP contribution in [-0.4, -0.2) is 39.0 Å². The first-order valence-corrected chi connectivity index (χ1v) is 14.3. The zero-order chi connectivity index (χ0) is 22.1. The zero-order valence-electron chi connectivity index (χ0n) is 18.2. The van der Waals surface area contributed by atoms with E-state index >= 15 is 0 Å². The van der Waals surface area contributed by atoms with Crippen LogP contribution < -0.4 is 0 Å². The van der Waals surface area contributed by atoms with Crippen LogP contribution in [0.25, 0.3) is 22.3 Å². The normalized spacial score (nSPS) is 16.0. The van der Waals surface area contributed by atoms with Gasteiger partial charge in [-0.05, 0) is 25.0 Å².